The average molecular weight is 210 g/mol. The van der Waals surface area contributed by atoms with Crippen molar-refractivity contribution in [2.24, 2.45) is 0 Å². The van der Waals surface area contributed by atoms with Crippen molar-refractivity contribution in [3.63, 3.8) is 0 Å². The van der Waals surface area contributed by atoms with Crippen LogP contribution in [0.4, 0.5) is 10.2 Å². The Balaban J connectivity index is 2.02. The van der Waals surface area contributed by atoms with Gasteiger partial charge in [-0.3, -0.25) is 0 Å². The van der Waals surface area contributed by atoms with Crippen LogP contribution >= 0.6 is 0 Å². The second-order valence-corrected chi connectivity index (χ2v) is 3.58. The van der Waals surface area contributed by atoms with Crippen molar-refractivity contribution in [1.82, 2.24) is 5.54 Å². The number of anilines is 1. The fourth-order valence-electron chi connectivity index (χ4n) is 1.72. The van der Waals surface area contributed by atoms with E-state index in [1.54, 1.807) is 5.54 Å². The molecule has 82 valence electrons. The number of nitrogens with one attached hydrogen (secondary N) is 1. The van der Waals surface area contributed by atoms with Crippen molar-refractivity contribution in [2.45, 2.75) is 6.54 Å². The lowest BCUT2D eigenvalue weighted by Crippen LogP contribution is -2.36. The fraction of sp³-hybridized carbons (Fsp3) is 0.455. The zero-order chi connectivity index (χ0) is 10.5. The van der Waals surface area contributed by atoms with Crippen LogP contribution in [0.15, 0.2) is 24.3 Å². The standard InChI is InChI=1S/C11H15FN2O/c12-13-9-10-1-3-11(4-2-10)14-5-7-15-8-6-14/h1-4,13H,5-9H2. The van der Waals surface area contributed by atoms with E-state index in [9.17, 15) is 4.48 Å². The highest BCUT2D eigenvalue weighted by Crippen LogP contribution is 2.16. The van der Waals surface area contributed by atoms with E-state index in [2.05, 4.69) is 4.90 Å². The maximum absolute atomic E-state index is 11.9. The van der Waals surface area contributed by atoms with Crippen molar-refractivity contribution in [3.8, 4) is 0 Å². The first-order valence-corrected chi connectivity index (χ1v) is 5.15. The van der Waals surface area contributed by atoms with Crippen LogP contribution in [0.5, 0.6) is 0 Å². The Hall–Kier alpha value is -1.13. The molecular formula is C11H15FN2O. The van der Waals surface area contributed by atoms with E-state index in [1.807, 2.05) is 24.3 Å². The molecule has 0 unspecified atom stereocenters. The van der Waals surface area contributed by atoms with Crippen LogP contribution in [0, 0.1) is 0 Å². The van der Waals surface area contributed by atoms with Crippen molar-refractivity contribution < 1.29 is 9.22 Å². The van der Waals surface area contributed by atoms with E-state index in [4.69, 9.17) is 4.74 Å². The van der Waals surface area contributed by atoms with Gasteiger partial charge in [-0.25, -0.2) is 0 Å². The summed E-state index contributed by atoms with van der Waals surface area (Å²) >= 11 is 0. The Morgan fingerprint density at radius 3 is 2.47 bits per heavy atom. The van der Waals surface area contributed by atoms with Gasteiger partial charge in [-0.2, -0.15) is 5.54 Å². The maximum Gasteiger partial charge on any atom is 0.0642 e. The second-order valence-electron chi connectivity index (χ2n) is 3.58. The van der Waals surface area contributed by atoms with Gasteiger partial charge < -0.3 is 9.64 Å². The first-order valence-electron chi connectivity index (χ1n) is 5.15. The third kappa shape index (κ3) is 2.67. The van der Waals surface area contributed by atoms with E-state index in [0.29, 0.717) is 0 Å². The molecule has 1 heterocycles. The molecule has 1 aromatic carbocycles. The summed E-state index contributed by atoms with van der Waals surface area (Å²) in [5.41, 5.74) is 3.78. The molecule has 0 spiro atoms. The van der Waals surface area contributed by atoms with Crippen LogP contribution in [-0.4, -0.2) is 26.3 Å². The van der Waals surface area contributed by atoms with E-state index in [0.717, 1.165) is 31.9 Å². The molecule has 0 amide bonds. The van der Waals surface area contributed by atoms with Gasteiger partial charge in [-0.1, -0.05) is 12.1 Å². The minimum atomic E-state index is 0.267. The Labute approximate surface area is 88.8 Å². The number of benzene rings is 1. The van der Waals surface area contributed by atoms with Gasteiger partial charge in [0.25, 0.3) is 0 Å². The van der Waals surface area contributed by atoms with Gasteiger partial charge in [0.2, 0.25) is 0 Å². The minimum Gasteiger partial charge on any atom is -0.378 e. The molecule has 0 radical (unpaired) electrons. The molecule has 0 aliphatic carbocycles. The molecule has 15 heavy (non-hydrogen) atoms. The summed E-state index contributed by atoms with van der Waals surface area (Å²) in [5.74, 6) is 0. The van der Waals surface area contributed by atoms with E-state index in [-0.39, 0.29) is 6.54 Å². The summed E-state index contributed by atoms with van der Waals surface area (Å²) in [5, 5.41) is 0. The highest BCUT2D eigenvalue weighted by atomic mass is 19.2. The molecule has 2 rings (SSSR count). The molecule has 1 aromatic rings. The SMILES string of the molecule is FNCc1ccc(N2CCOCC2)cc1. The topological polar surface area (TPSA) is 24.5 Å². The lowest BCUT2D eigenvalue weighted by Gasteiger charge is -2.28. The quantitative estimate of drug-likeness (QED) is 0.765. The number of morpholine rings is 1. The second kappa shape index (κ2) is 5.09. The zero-order valence-corrected chi connectivity index (χ0v) is 8.58. The molecule has 0 saturated carbocycles. The van der Waals surface area contributed by atoms with E-state index >= 15 is 0 Å². The Morgan fingerprint density at radius 1 is 1.20 bits per heavy atom. The molecule has 1 fully saturated rings. The van der Waals surface area contributed by atoms with Gasteiger partial charge in [-0.15, -0.1) is 4.48 Å². The number of ether oxygens (including phenoxy) is 1. The van der Waals surface area contributed by atoms with Crippen LogP contribution in [-0.2, 0) is 11.3 Å². The molecule has 1 aliphatic rings. The molecule has 0 bridgehead atoms. The van der Waals surface area contributed by atoms with Crippen molar-refractivity contribution in [2.75, 3.05) is 31.2 Å². The van der Waals surface area contributed by atoms with Gasteiger partial charge in [0.1, 0.15) is 0 Å². The van der Waals surface area contributed by atoms with E-state index in [1.165, 1.54) is 5.69 Å². The van der Waals surface area contributed by atoms with Gasteiger partial charge in [0.15, 0.2) is 0 Å². The Bertz CT molecular complexity index is 296. The molecule has 1 aliphatic heterocycles. The zero-order valence-electron chi connectivity index (χ0n) is 8.58. The van der Waals surface area contributed by atoms with Crippen LogP contribution in [0.2, 0.25) is 0 Å². The summed E-state index contributed by atoms with van der Waals surface area (Å²) in [6, 6.07) is 7.94. The van der Waals surface area contributed by atoms with Crippen molar-refractivity contribution in [1.29, 1.82) is 0 Å². The number of halogens is 1. The van der Waals surface area contributed by atoms with Gasteiger partial charge in [0.05, 0.1) is 19.8 Å². The van der Waals surface area contributed by atoms with Crippen molar-refractivity contribution >= 4 is 5.69 Å². The third-order valence-corrected chi connectivity index (χ3v) is 2.58. The fourth-order valence-corrected chi connectivity index (χ4v) is 1.72. The van der Waals surface area contributed by atoms with Gasteiger partial charge in [-0.05, 0) is 17.7 Å². The van der Waals surface area contributed by atoms with Crippen LogP contribution in [0.1, 0.15) is 5.56 Å². The average Bonchev–Trinajstić information content (AvgIpc) is 2.32. The van der Waals surface area contributed by atoms with Crippen LogP contribution in [0.25, 0.3) is 0 Å². The minimum absolute atomic E-state index is 0.267. The van der Waals surface area contributed by atoms with Gasteiger partial charge >= 0.3 is 0 Å². The van der Waals surface area contributed by atoms with Gasteiger partial charge in [0, 0.05) is 18.8 Å². The summed E-state index contributed by atoms with van der Waals surface area (Å²) in [7, 11) is 0. The number of hydrogen-bond acceptors (Lipinski definition) is 3. The summed E-state index contributed by atoms with van der Waals surface area (Å²) < 4.78 is 17.1. The monoisotopic (exact) mass is 210 g/mol. The summed E-state index contributed by atoms with van der Waals surface area (Å²) in [6.07, 6.45) is 0. The third-order valence-electron chi connectivity index (χ3n) is 2.58. The van der Waals surface area contributed by atoms with Crippen LogP contribution < -0.4 is 10.4 Å². The molecule has 3 nitrogen and oxygen atoms in total. The molecular weight excluding hydrogens is 195 g/mol. The number of hydrogen-bond donors (Lipinski definition) is 1. The maximum atomic E-state index is 11.9. The number of rotatable bonds is 3. The Morgan fingerprint density at radius 2 is 1.87 bits per heavy atom. The summed E-state index contributed by atoms with van der Waals surface area (Å²) in [4.78, 5) is 2.27. The molecule has 1 saturated heterocycles. The number of nitrogens with zero attached hydrogens (tertiary/aromatic N) is 1. The Kier molecular flexibility index (Phi) is 3.53. The lowest BCUT2D eigenvalue weighted by molar-refractivity contribution is 0.122. The lowest BCUT2D eigenvalue weighted by atomic mass is 10.2. The molecule has 4 heteroatoms. The molecule has 1 N–H and O–H groups in total. The van der Waals surface area contributed by atoms with Crippen LogP contribution in [0.3, 0.4) is 0 Å². The smallest absolute Gasteiger partial charge is 0.0642 e. The summed E-state index contributed by atoms with van der Waals surface area (Å²) in [6.45, 7) is 3.70. The molecule has 0 atom stereocenters. The highest BCUT2D eigenvalue weighted by molar-refractivity contribution is 5.47. The largest absolute Gasteiger partial charge is 0.378 e. The molecule has 0 aromatic heterocycles. The van der Waals surface area contributed by atoms with E-state index < -0.39 is 0 Å². The normalized spacial score (nSPS) is 16.7. The predicted molar refractivity (Wildman–Crippen MR) is 57.4 cm³/mol. The predicted octanol–water partition coefficient (Wildman–Crippen LogP) is 1.50. The van der Waals surface area contributed by atoms with Crippen molar-refractivity contribution in [3.05, 3.63) is 29.8 Å². The first-order chi connectivity index (χ1) is 7.40. The first kappa shape index (κ1) is 10.4. The highest BCUT2D eigenvalue weighted by Gasteiger charge is 2.10.